The Hall–Kier alpha value is -2.26. The molecule has 0 radical (unpaired) electrons. The van der Waals surface area contributed by atoms with Crippen LogP contribution in [0.15, 0.2) is 34.8 Å². The SMILES string of the molecule is CCc1nc(SCC(=O)Nc2nc(-c3ccc(F)cc3)cs2)n[nH]1. The van der Waals surface area contributed by atoms with Gasteiger partial charge in [-0.15, -0.1) is 16.4 Å². The summed E-state index contributed by atoms with van der Waals surface area (Å²) in [6, 6.07) is 6.07. The number of aromatic amines is 1. The maximum Gasteiger partial charge on any atom is 0.236 e. The van der Waals surface area contributed by atoms with E-state index in [1.54, 1.807) is 12.1 Å². The molecular formula is C15H14FN5OS2. The van der Waals surface area contributed by atoms with Gasteiger partial charge in [0.15, 0.2) is 5.13 Å². The van der Waals surface area contributed by atoms with E-state index in [9.17, 15) is 9.18 Å². The summed E-state index contributed by atoms with van der Waals surface area (Å²) in [6.07, 6.45) is 0.769. The second-order valence-corrected chi connectivity index (χ2v) is 6.60. The van der Waals surface area contributed by atoms with Crippen molar-refractivity contribution in [2.24, 2.45) is 0 Å². The summed E-state index contributed by atoms with van der Waals surface area (Å²) < 4.78 is 12.9. The summed E-state index contributed by atoms with van der Waals surface area (Å²) in [5.74, 6) is 0.522. The van der Waals surface area contributed by atoms with E-state index in [0.717, 1.165) is 17.8 Å². The smallest absolute Gasteiger partial charge is 0.236 e. The van der Waals surface area contributed by atoms with Gasteiger partial charge in [-0.2, -0.15) is 0 Å². The number of thiazole rings is 1. The standard InChI is InChI=1S/C15H14FN5OS2/c1-2-12-18-15(21-20-12)24-8-13(22)19-14-17-11(7-23-14)9-3-5-10(16)6-4-9/h3-7H,2,8H2,1H3,(H,17,19,22)(H,18,20,21). The first-order chi connectivity index (χ1) is 11.6. The fraction of sp³-hybridized carbons (Fsp3) is 0.200. The van der Waals surface area contributed by atoms with Gasteiger partial charge >= 0.3 is 0 Å². The molecule has 0 saturated heterocycles. The second kappa shape index (κ2) is 7.54. The van der Waals surface area contributed by atoms with Crippen molar-refractivity contribution in [2.75, 3.05) is 11.1 Å². The van der Waals surface area contributed by atoms with Crippen LogP contribution in [-0.4, -0.2) is 31.8 Å². The van der Waals surface area contributed by atoms with Crippen LogP contribution < -0.4 is 5.32 Å². The lowest BCUT2D eigenvalue weighted by Crippen LogP contribution is -2.13. The largest absolute Gasteiger partial charge is 0.301 e. The van der Waals surface area contributed by atoms with Gasteiger partial charge < -0.3 is 5.32 Å². The van der Waals surface area contributed by atoms with E-state index in [1.165, 1.54) is 35.2 Å². The lowest BCUT2D eigenvalue weighted by atomic mass is 10.2. The van der Waals surface area contributed by atoms with Crippen molar-refractivity contribution in [1.82, 2.24) is 20.2 Å². The number of hydrogen-bond donors (Lipinski definition) is 2. The molecule has 1 aromatic carbocycles. The van der Waals surface area contributed by atoms with E-state index in [0.29, 0.717) is 16.0 Å². The number of halogens is 1. The molecule has 0 spiro atoms. The van der Waals surface area contributed by atoms with Gasteiger partial charge in [0.05, 0.1) is 11.4 Å². The number of nitrogens with zero attached hydrogens (tertiary/aromatic N) is 3. The predicted octanol–water partition coefficient (Wildman–Crippen LogP) is 3.36. The lowest BCUT2D eigenvalue weighted by molar-refractivity contribution is -0.113. The van der Waals surface area contributed by atoms with Crippen LogP contribution in [0.4, 0.5) is 9.52 Å². The molecule has 0 aliphatic heterocycles. The number of benzene rings is 1. The maximum atomic E-state index is 12.9. The van der Waals surface area contributed by atoms with E-state index in [4.69, 9.17) is 0 Å². The van der Waals surface area contributed by atoms with Crippen LogP contribution >= 0.6 is 23.1 Å². The third-order valence-electron chi connectivity index (χ3n) is 3.07. The topological polar surface area (TPSA) is 83.6 Å². The van der Waals surface area contributed by atoms with Crippen molar-refractivity contribution >= 4 is 34.1 Å². The molecule has 0 atom stereocenters. The summed E-state index contributed by atoms with van der Waals surface area (Å²) >= 11 is 2.58. The molecule has 2 aromatic heterocycles. The monoisotopic (exact) mass is 363 g/mol. The molecule has 2 heterocycles. The first-order valence-corrected chi connectivity index (χ1v) is 9.06. The van der Waals surface area contributed by atoms with Gasteiger partial charge in [0.1, 0.15) is 11.6 Å². The number of aromatic nitrogens is 4. The van der Waals surface area contributed by atoms with Crippen molar-refractivity contribution in [2.45, 2.75) is 18.5 Å². The van der Waals surface area contributed by atoms with Crippen LogP contribution in [-0.2, 0) is 11.2 Å². The summed E-state index contributed by atoms with van der Waals surface area (Å²) in [5.41, 5.74) is 1.50. The quantitative estimate of drug-likeness (QED) is 0.656. The summed E-state index contributed by atoms with van der Waals surface area (Å²) in [6.45, 7) is 1.98. The molecule has 9 heteroatoms. The van der Waals surface area contributed by atoms with Gasteiger partial charge in [-0.05, 0) is 24.3 Å². The van der Waals surface area contributed by atoms with E-state index in [-0.39, 0.29) is 17.5 Å². The number of rotatable bonds is 6. The molecule has 0 saturated carbocycles. The highest BCUT2D eigenvalue weighted by Crippen LogP contribution is 2.25. The van der Waals surface area contributed by atoms with Gasteiger partial charge in [0.25, 0.3) is 0 Å². The van der Waals surface area contributed by atoms with E-state index in [1.807, 2.05) is 12.3 Å². The van der Waals surface area contributed by atoms with Crippen LogP contribution in [0.2, 0.25) is 0 Å². The minimum atomic E-state index is -0.294. The van der Waals surface area contributed by atoms with Crippen LogP contribution in [0, 0.1) is 5.82 Å². The Balaban J connectivity index is 1.56. The molecular weight excluding hydrogens is 349 g/mol. The van der Waals surface area contributed by atoms with E-state index < -0.39 is 0 Å². The Kier molecular flexibility index (Phi) is 5.21. The molecule has 0 unspecified atom stereocenters. The number of nitrogens with one attached hydrogen (secondary N) is 2. The van der Waals surface area contributed by atoms with Gasteiger partial charge in [-0.3, -0.25) is 9.89 Å². The zero-order valence-corrected chi connectivity index (χ0v) is 14.4. The Labute approximate surface area is 145 Å². The van der Waals surface area contributed by atoms with Crippen molar-refractivity contribution in [1.29, 1.82) is 0 Å². The number of carbonyl (C=O) groups is 1. The van der Waals surface area contributed by atoms with Gasteiger partial charge in [-0.25, -0.2) is 14.4 Å². The molecule has 6 nitrogen and oxygen atoms in total. The average molecular weight is 363 g/mol. The minimum Gasteiger partial charge on any atom is -0.301 e. The summed E-state index contributed by atoms with van der Waals surface area (Å²) in [4.78, 5) is 20.5. The molecule has 0 bridgehead atoms. The summed E-state index contributed by atoms with van der Waals surface area (Å²) in [7, 11) is 0. The van der Waals surface area contributed by atoms with Crippen LogP contribution in [0.1, 0.15) is 12.7 Å². The molecule has 2 N–H and O–H groups in total. The van der Waals surface area contributed by atoms with Crippen molar-refractivity contribution in [3.05, 3.63) is 41.3 Å². The Morgan fingerprint density at radius 3 is 2.83 bits per heavy atom. The number of hydrogen-bond acceptors (Lipinski definition) is 6. The fourth-order valence-corrected chi connectivity index (χ4v) is 3.22. The third kappa shape index (κ3) is 4.18. The Bertz CT molecular complexity index is 831. The normalized spacial score (nSPS) is 10.8. The number of H-pyrrole nitrogens is 1. The average Bonchev–Trinajstić information content (AvgIpc) is 3.23. The molecule has 0 fully saturated rings. The van der Waals surface area contributed by atoms with Crippen molar-refractivity contribution in [3.63, 3.8) is 0 Å². The first kappa shape index (κ1) is 16.6. The van der Waals surface area contributed by atoms with E-state index >= 15 is 0 Å². The maximum absolute atomic E-state index is 12.9. The zero-order valence-electron chi connectivity index (χ0n) is 12.7. The molecule has 3 aromatic rings. The van der Waals surface area contributed by atoms with Crippen LogP contribution in [0.25, 0.3) is 11.3 Å². The highest BCUT2D eigenvalue weighted by molar-refractivity contribution is 7.99. The molecule has 0 aliphatic rings. The number of amides is 1. The molecule has 1 amide bonds. The minimum absolute atomic E-state index is 0.178. The number of carbonyl (C=O) groups excluding carboxylic acids is 1. The highest BCUT2D eigenvalue weighted by atomic mass is 32.2. The van der Waals surface area contributed by atoms with Gasteiger partial charge in [0, 0.05) is 17.4 Å². The van der Waals surface area contributed by atoms with Crippen molar-refractivity contribution in [3.8, 4) is 11.3 Å². The van der Waals surface area contributed by atoms with Gasteiger partial charge in [-0.1, -0.05) is 18.7 Å². The second-order valence-electron chi connectivity index (χ2n) is 4.80. The number of aryl methyl sites for hydroxylation is 1. The number of anilines is 1. The lowest BCUT2D eigenvalue weighted by Gasteiger charge is -1.99. The number of thioether (sulfide) groups is 1. The molecule has 24 heavy (non-hydrogen) atoms. The van der Waals surface area contributed by atoms with Crippen LogP contribution in [0.3, 0.4) is 0 Å². The predicted molar refractivity (Wildman–Crippen MR) is 92.6 cm³/mol. The zero-order chi connectivity index (χ0) is 16.9. The van der Waals surface area contributed by atoms with Crippen LogP contribution in [0.5, 0.6) is 0 Å². The molecule has 3 rings (SSSR count). The molecule has 124 valence electrons. The first-order valence-electron chi connectivity index (χ1n) is 7.19. The third-order valence-corrected chi connectivity index (χ3v) is 4.67. The van der Waals surface area contributed by atoms with Gasteiger partial charge in [0.2, 0.25) is 11.1 Å². The van der Waals surface area contributed by atoms with E-state index in [2.05, 4.69) is 25.5 Å². The summed E-state index contributed by atoms with van der Waals surface area (Å²) in [5, 5.41) is 12.4. The molecule has 0 aliphatic carbocycles. The fourth-order valence-electron chi connectivity index (χ4n) is 1.87. The Morgan fingerprint density at radius 2 is 2.12 bits per heavy atom. The Morgan fingerprint density at radius 1 is 1.33 bits per heavy atom. The van der Waals surface area contributed by atoms with Crippen molar-refractivity contribution < 1.29 is 9.18 Å². The highest BCUT2D eigenvalue weighted by Gasteiger charge is 2.10.